The lowest BCUT2D eigenvalue weighted by atomic mass is 9.66. The Balaban J connectivity index is 1.69. The number of carbonyl (C=O) groups is 3. The SMILES string of the molecule is C=CCN(CCC)C(=O)[C@@H]1[C@H]2C(=O)N([C@H](CO)c3ccccc3)C(C(=O)N(CC=C)c3c(C)cccc3Cl)C23CC[C@@]1(C)S3. The molecule has 44 heavy (non-hydrogen) atoms. The Kier molecular flexibility index (Phi) is 9.36. The van der Waals surface area contributed by atoms with Gasteiger partial charge in [0.2, 0.25) is 11.8 Å². The number of likely N-dealkylation sites (tertiary alicyclic amines) is 1. The van der Waals surface area contributed by atoms with Crippen LogP contribution in [0.3, 0.4) is 0 Å². The lowest BCUT2D eigenvalue weighted by Crippen LogP contribution is -2.56. The van der Waals surface area contributed by atoms with E-state index in [9.17, 15) is 14.7 Å². The molecule has 6 atom stereocenters. The smallest absolute Gasteiger partial charge is 0.251 e. The second-order valence-corrected chi connectivity index (χ2v) is 14.6. The van der Waals surface area contributed by atoms with Crippen LogP contribution in [-0.4, -0.2) is 74.4 Å². The van der Waals surface area contributed by atoms with E-state index in [1.54, 1.807) is 44.7 Å². The number of hydrogen-bond acceptors (Lipinski definition) is 5. The fourth-order valence-corrected chi connectivity index (χ4v) is 10.5. The van der Waals surface area contributed by atoms with E-state index in [-0.39, 0.29) is 30.9 Å². The molecule has 0 saturated carbocycles. The van der Waals surface area contributed by atoms with Gasteiger partial charge < -0.3 is 19.8 Å². The fourth-order valence-electron chi connectivity index (χ4n) is 7.83. The van der Waals surface area contributed by atoms with Crippen LogP contribution in [0.25, 0.3) is 0 Å². The third-order valence-corrected chi connectivity index (χ3v) is 11.9. The molecule has 3 amide bonds. The minimum absolute atomic E-state index is 0.0696. The monoisotopic (exact) mass is 635 g/mol. The van der Waals surface area contributed by atoms with Crippen molar-refractivity contribution in [3.05, 3.63) is 90.0 Å². The number of hydrogen-bond donors (Lipinski definition) is 1. The molecule has 1 N–H and O–H groups in total. The number of aryl methyl sites for hydroxylation is 1. The van der Waals surface area contributed by atoms with Crippen molar-refractivity contribution < 1.29 is 19.5 Å². The van der Waals surface area contributed by atoms with Gasteiger partial charge in [-0.05, 0) is 50.3 Å². The van der Waals surface area contributed by atoms with Gasteiger partial charge in [0.1, 0.15) is 6.04 Å². The van der Waals surface area contributed by atoms with Crippen LogP contribution in [0.2, 0.25) is 5.02 Å². The highest BCUT2D eigenvalue weighted by Crippen LogP contribution is 2.72. The molecule has 2 aromatic carbocycles. The quantitative estimate of drug-likeness (QED) is 0.298. The van der Waals surface area contributed by atoms with Gasteiger partial charge in [-0.1, -0.05) is 73.1 Å². The van der Waals surface area contributed by atoms with E-state index >= 15 is 4.79 Å². The molecular weight excluding hydrogens is 594 g/mol. The fraction of sp³-hybridized carbons (Fsp3) is 0.457. The predicted octanol–water partition coefficient (Wildman–Crippen LogP) is 5.81. The van der Waals surface area contributed by atoms with E-state index < -0.39 is 33.4 Å². The van der Waals surface area contributed by atoms with Crippen molar-refractivity contribution in [3.63, 3.8) is 0 Å². The van der Waals surface area contributed by atoms with Crippen molar-refractivity contribution in [1.82, 2.24) is 9.80 Å². The van der Waals surface area contributed by atoms with Gasteiger partial charge in [-0.3, -0.25) is 14.4 Å². The summed E-state index contributed by atoms with van der Waals surface area (Å²) in [5, 5.41) is 11.3. The number of carbonyl (C=O) groups excluding carboxylic acids is 3. The first-order valence-electron chi connectivity index (χ1n) is 15.3. The summed E-state index contributed by atoms with van der Waals surface area (Å²) in [6, 6.07) is 13.1. The number of benzene rings is 2. The summed E-state index contributed by atoms with van der Waals surface area (Å²) in [6.45, 7) is 14.6. The first-order chi connectivity index (χ1) is 21.1. The molecule has 3 saturated heterocycles. The van der Waals surface area contributed by atoms with E-state index in [4.69, 9.17) is 11.6 Å². The number of fused-ring (bicyclic) bond motifs is 1. The van der Waals surface area contributed by atoms with Crippen LogP contribution in [0.4, 0.5) is 5.69 Å². The molecule has 2 bridgehead atoms. The largest absolute Gasteiger partial charge is 0.394 e. The maximum atomic E-state index is 15.1. The van der Waals surface area contributed by atoms with Crippen molar-refractivity contribution in [2.45, 2.75) is 61.6 Å². The average molecular weight is 636 g/mol. The number of anilines is 1. The van der Waals surface area contributed by atoms with Crippen LogP contribution < -0.4 is 4.90 Å². The van der Waals surface area contributed by atoms with Crippen LogP contribution in [0.15, 0.2) is 73.8 Å². The molecule has 0 aromatic heterocycles. The zero-order valence-electron chi connectivity index (χ0n) is 25.7. The summed E-state index contributed by atoms with van der Waals surface area (Å²) in [6.07, 6.45) is 5.46. The van der Waals surface area contributed by atoms with Crippen molar-refractivity contribution in [2.24, 2.45) is 11.8 Å². The summed E-state index contributed by atoms with van der Waals surface area (Å²) in [5.74, 6) is -1.93. The van der Waals surface area contributed by atoms with Crippen LogP contribution in [0.5, 0.6) is 0 Å². The number of rotatable bonds is 12. The molecule has 3 aliphatic rings. The molecule has 3 fully saturated rings. The summed E-state index contributed by atoms with van der Waals surface area (Å²) in [7, 11) is 0. The number of amides is 3. The molecule has 3 aliphatic heterocycles. The minimum Gasteiger partial charge on any atom is -0.394 e. The Hall–Kier alpha value is -3.07. The predicted molar refractivity (Wildman–Crippen MR) is 178 cm³/mol. The lowest BCUT2D eigenvalue weighted by molar-refractivity contribution is -0.146. The molecule has 3 heterocycles. The van der Waals surface area contributed by atoms with E-state index in [0.717, 1.165) is 17.5 Å². The van der Waals surface area contributed by atoms with Gasteiger partial charge in [0.15, 0.2) is 0 Å². The van der Waals surface area contributed by atoms with Gasteiger partial charge in [-0.15, -0.1) is 24.9 Å². The van der Waals surface area contributed by atoms with Crippen molar-refractivity contribution in [1.29, 1.82) is 0 Å². The number of nitrogens with zero attached hydrogens (tertiary/aromatic N) is 3. The zero-order valence-corrected chi connectivity index (χ0v) is 27.3. The second-order valence-electron chi connectivity index (χ2n) is 12.3. The maximum Gasteiger partial charge on any atom is 0.251 e. The van der Waals surface area contributed by atoms with E-state index in [1.165, 1.54) is 0 Å². The van der Waals surface area contributed by atoms with E-state index in [2.05, 4.69) is 20.1 Å². The molecule has 234 valence electrons. The van der Waals surface area contributed by atoms with Crippen LogP contribution >= 0.6 is 23.4 Å². The van der Waals surface area contributed by atoms with Crippen molar-refractivity contribution in [3.8, 4) is 0 Å². The molecule has 1 spiro atoms. The third kappa shape index (κ3) is 5.09. The maximum absolute atomic E-state index is 15.1. The highest BCUT2D eigenvalue weighted by atomic mass is 35.5. The summed E-state index contributed by atoms with van der Waals surface area (Å²) >= 11 is 8.34. The summed E-state index contributed by atoms with van der Waals surface area (Å²) in [4.78, 5) is 49.4. The number of halogens is 1. The van der Waals surface area contributed by atoms with Gasteiger partial charge in [0.05, 0.1) is 39.9 Å². The number of aliphatic hydroxyl groups is 1. The van der Waals surface area contributed by atoms with Crippen LogP contribution in [-0.2, 0) is 14.4 Å². The van der Waals surface area contributed by atoms with Gasteiger partial charge >= 0.3 is 0 Å². The molecule has 7 nitrogen and oxygen atoms in total. The highest BCUT2D eigenvalue weighted by Gasteiger charge is 2.78. The topological polar surface area (TPSA) is 81.2 Å². The molecule has 0 aliphatic carbocycles. The van der Waals surface area contributed by atoms with Crippen LogP contribution in [0, 0.1) is 18.8 Å². The Bertz CT molecular complexity index is 1430. The first-order valence-corrected chi connectivity index (χ1v) is 16.5. The van der Waals surface area contributed by atoms with Gasteiger partial charge in [-0.25, -0.2) is 0 Å². The molecule has 5 rings (SSSR count). The standard InChI is InChI=1S/C35H42ClN3O4S/c1-6-19-37(20-7-2)31(41)27-28-32(42)39(26(22-40)24-14-10-9-11-15-24)30(35(28)18-17-34(27,5)44-35)33(43)38(21-8-3)29-23(4)13-12-16-25(29)36/h6,8-16,26-28,30,40H,1,3,7,17-22H2,2,4-5H3/t26-,27+,28+,30?,34-,35?/m1/s1. The number of aliphatic hydroxyl groups excluding tert-OH is 1. The first kappa shape index (κ1) is 32.3. The second kappa shape index (κ2) is 12.7. The van der Waals surface area contributed by atoms with Gasteiger partial charge in [-0.2, -0.15) is 0 Å². The summed E-state index contributed by atoms with van der Waals surface area (Å²) < 4.78 is -1.37. The minimum atomic E-state index is -0.934. The van der Waals surface area contributed by atoms with Crippen molar-refractivity contribution in [2.75, 3.05) is 31.1 Å². The van der Waals surface area contributed by atoms with E-state index in [1.807, 2.05) is 56.3 Å². The number of thioether (sulfide) groups is 1. The lowest BCUT2D eigenvalue weighted by Gasteiger charge is -2.40. The molecular formula is C35H42ClN3O4S. The van der Waals surface area contributed by atoms with E-state index in [0.29, 0.717) is 36.6 Å². The normalized spacial score (nSPS) is 27.6. The molecule has 9 heteroatoms. The third-order valence-electron chi connectivity index (χ3n) is 9.60. The summed E-state index contributed by atoms with van der Waals surface area (Å²) in [5.41, 5.74) is 2.13. The molecule has 0 radical (unpaired) electrons. The Morgan fingerprint density at radius 1 is 1.11 bits per heavy atom. The van der Waals surface area contributed by atoms with Gasteiger partial charge in [0.25, 0.3) is 5.91 Å². The van der Waals surface area contributed by atoms with Crippen molar-refractivity contribution >= 4 is 46.8 Å². The molecule has 2 unspecified atom stereocenters. The van der Waals surface area contributed by atoms with Crippen LogP contribution in [0.1, 0.15) is 50.3 Å². The Labute approximate surface area is 269 Å². The Morgan fingerprint density at radius 2 is 1.82 bits per heavy atom. The zero-order chi connectivity index (χ0) is 31.8. The Morgan fingerprint density at radius 3 is 2.43 bits per heavy atom. The van der Waals surface area contributed by atoms with Gasteiger partial charge in [0, 0.05) is 24.4 Å². The molecule has 2 aromatic rings. The average Bonchev–Trinajstić information content (AvgIpc) is 3.57. The highest BCUT2D eigenvalue weighted by molar-refractivity contribution is 8.02. The number of para-hydroxylation sites is 1.